The van der Waals surface area contributed by atoms with Crippen LogP contribution in [0, 0.1) is 0 Å². The molecule has 3 N–H and O–H groups in total. The third-order valence-corrected chi connectivity index (χ3v) is 3.67. The van der Waals surface area contributed by atoms with Crippen LogP contribution in [0.15, 0.2) is 54.6 Å². The molecule has 0 bridgehead atoms. The van der Waals surface area contributed by atoms with E-state index in [4.69, 9.17) is 9.47 Å². The highest BCUT2D eigenvalue weighted by molar-refractivity contribution is 5.63. The summed E-state index contributed by atoms with van der Waals surface area (Å²) < 4.78 is 10.7. The molecule has 1 fully saturated rings. The minimum Gasteiger partial charge on any atom is -0.462 e. The Balaban J connectivity index is 0.00000100. The fraction of sp³-hybridized carbons (Fsp3) is 0.368. The number of aliphatic hydroxyl groups excluding tert-OH is 3. The molecule has 1 heterocycles. The van der Waals surface area contributed by atoms with Gasteiger partial charge in [0.25, 0.3) is 0 Å². The van der Waals surface area contributed by atoms with Crippen molar-refractivity contribution in [2.24, 2.45) is 0 Å². The lowest BCUT2D eigenvalue weighted by atomic mass is 10.1. The molecule has 0 amide bonds. The highest BCUT2D eigenvalue weighted by atomic mass is 16.7. The first-order valence-corrected chi connectivity index (χ1v) is 8.13. The van der Waals surface area contributed by atoms with Gasteiger partial charge in [0.2, 0.25) is 6.29 Å². The van der Waals surface area contributed by atoms with Crippen LogP contribution < -0.4 is 4.74 Å². The zero-order chi connectivity index (χ0) is 17.5. The maximum absolute atomic E-state index is 9.84. The second-order valence-electron chi connectivity index (χ2n) is 5.26. The maximum atomic E-state index is 9.84. The van der Waals surface area contributed by atoms with Crippen LogP contribution in [-0.4, -0.2) is 46.5 Å². The van der Waals surface area contributed by atoms with Gasteiger partial charge in [-0.05, 0) is 23.3 Å². The Kier molecular flexibility index (Phi) is 6.75. The highest BCUT2D eigenvalue weighted by Crippen LogP contribution is 2.24. The molecule has 0 saturated carbocycles. The van der Waals surface area contributed by atoms with E-state index < -0.39 is 24.6 Å². The van der Waals surface area contributed by atoms with E-state index in [2.05, 4.69) is 0 Å². The lowest BCUT2D eigenvalue weighted by Crippen LogP contribution is -2.54. The van der Waals surface area contributed by atoms with Crippen molar-refractivity contribution in [3.05, 3.63) is 54.6 Å². The minimum absolute atomic E-state index is 0.0784. The summed E-state index contributed by atoms with van der Waals surface area (Å²) >= 11 is 0. The van der Waals surface area contributed by atoms with Crippen LogP contribution in [0.2, 0.25) is 0 Å². The zero-order valence-corrected chi connectivity index (χ0v) is 13.9. The molecule has 2 aromatic rings. The number of ether oxygens (including phenoxy) is 2. The number of rotatable bonds is 3. The molecular formula is C19H24O5. The van der Waals surface area contributed by atoms with Gasteiger partial charge >= 0.3 is 0 Å². The summed E-state index contributed by atoms with van der Waals surface area (Å²) in [4.78, 5) is 0. The van der Waals surface area contributed by atoms with Crippen LogP contribution in [-0.2, 0) is 4.74 Å². The molecule has 1 aliphatic rings. The summed E-state index contributed by atoms with van der Waals surface area (Å²) in [5.41, 5.74) is 2.15. The lowest BCUT2D eigenvalue weighted by molar-refractivity contribution is -0.242. The van der Waals surface area contributed by atoms with Crippen molar-refractivity contribution in [1.82, 2.24) is 0 Å². The highest BCUT2D eigenvalue weighted by Gasteiger charge is 2.38. The van der Waals surface area contributed by atoms with Gasteiger partial charge in [0.15, 0.2) is 0 Å². The molecule has 4 unspecified atom stereocenters. The second kappa shape index (κ2) is 8.80. The van der Waals surface area contributed by atoms with Gasteiger partial charge in [-0.2, -0.15) is 0 Å². The van der Waals surface area contributed by atoms with Crippen LogP contribution in [0.25, 0.3) is 11.1 Å². The van der Waals surface area contributed by atoms with Gasteiger partial charge in [-0.15, -0.1) is 0 Å². The van der Waals surface area contributed by atoms with Crippen molar-refractivity contribution < 1.29 is 24.8 Å². The van der Waals surface area contributed by atoms with E-state index in [1.165, 1.54) is 0 Å². The summed E-state index contributed by atoms with van der Waals surface area (Å²) in [6.45, 7) is 3.92. The summed E-state index contributed by atoms with van der Waals surface area (Å²) in [6.07, 6.45) is -4.67. The van der Waals surface area contributed by atoms with Crippen molar-refractivity contribution in [2.45, 2.75) is 38.4 Å². The quantitative estimate of drug-likeness (QED) is 0.803. The van der Waals surface area contributed by atoms with Crippen LogP contribution in [0.4, 0.5) is 0 Å². The van der Waals surface area contributed by atoms with Crippen LogP contribution in [0.3, 0.4) is 0 Å². The van der Waals surface area contributed by atoms with E-state index in [-0.39, 0.29) is 6.61 Å². The van der Waals surface area contributed by atoms with Gasteiger partial charge in [-0.3, -0.25) is 0 Å². The molecule has 1 aliphatic heterocycles. The molecule has 4 atom stereocenters. The molecule has 130 valence electrons. The molecule has 24 heavy (non-hydrogen) atoms. The summed E-state index contributed by atoms with van der Waals surface area (Å²) in [5, 5.41) is 28.9. The van der Waals surface area contributed by atoms with Crippen LogP contribution in [0.1, 0.15) is 13.8 Å². The molecule has 0 spiro atoms. The van der Waals surface area contributed by atoms with E-state index in [1.54, 1.807) is 12.1 Å². The Morgan fingerprint density at radius 3 is 2.04 bits per heavy atom. The normalized spacial score (nSPS) is 26.2. The molecule has 2 aromatic carbocycles. The fourth-order valence-electron chi connectivity index (χ4n) is 2.37. The first-order chi connectivity index (χ1) is 11.6. The maximum Gasteiger partial charge on any atom is 0.228 e. The SMILES string of the molecule is CC.OC1COC(Oc2ccc(-c3ccccc3)cc2)C(O)C1O. The lowest BCUT2D eigenvalue weighted by Gasteiger charge is -2.34. The van der Waals surface area contributed by atoms with E-state index in [1.807, 2.05) is 56.3 Å². The molecule has 0 aromatic heterocycles. The van der Waals surface area contributed by atoms with E-state index >= 15 is 0 Å². The Labute approximate surface area is 142 Å². The molecule has 3 rings (SSSR count). The fourth-order valence-corrected chi connectivity index (χ4v) is 2.37. The number of aliphatic hydroxyl groups is 3. The Morgan fingerprint density at radius 1 is 0.833 bits per heavy atom. The first kappa shape index (κ1) is 18.4. The first-order valence-electron chi connectivity index (χ1n) is 8.13. The summed E-state index contributed by atoms with van der Waals surface area (Å²) in [5.74, 6) is 0.521. The Hall–Kier alpha value is -1.92. The van der Waals surface area contributed by atoms with Crippen molar-refractivity contribution in [2.75, 3.05) is 6.61 Å². The third-order valence-electron chi connectivity index (χ3n) is 3.67. The van der Waals surface area contributed by atoms with Crippen LogP contribution >= 0.6 is 0 Å². The van der Waals surface area contributed by atoms with Crippen molar-refractivity contribution >= 4 is 0 Å². The average molecular weight is 332 g/mol. The van der Waals surface area contributed by atoms with Crippen molar-refractivity contribution in [1.29, 1.82) is 0 Å². The van der Waals surface area contributed by atoms with E-state index in [9.17, 15) is 15.3 Å². The van der Waals surface area contributed by atoms with E-state index in [0.717, 1.165) is 11.1 Å². The zero-order valence-electron chi connectivity index (χ0n) is 13.9. The Bertz CT molecular complexity index is 599. The third kappa shape index (κ3) is 4.33. The predicted molar refractivity (Wildman–Crippen MR) is 91.6 cm³/mol. The Morgan fingerprint density at radius 2 is 1.42 bits per heavy atom. The van der Waals surface area contributed by atoms with Crippen molar-refractivity contribution in [3.63, 3.8) is 0 Å². The van der Waals surface area contributed by atoms with Crippen LogP contribution in [0.5, 0.6) is 5.75 Å². The predicted octanol–water partition coefficient (Wildman–Crippen LogP) is 2.20. The monoisotopic (exact) mass is 332 g/mol. The molecular weight excluding hydrogens is 308 g/mol. The number of benzene rings is 2. The standard InChI is InChI=1S/C17H18O5.C2H6/c18-14-10-21-17(16(20)15(14)19)22-13-8-6-12(7-9-13)11-4-2-1-3-5-11;1-2/h1-9,14-20H,10H2;1-2H3. The largest absolute Gasteiger partial charge is 0.462 e. The van der Waals surface area contributed by atoms with E-state index in [0.29, 0.717) is 5.75 Å². The molecule has 5 heteroatoms. The second-order valence-corrected chi connectivity index (χ2v) is 5.26. The average Bonchev–Trinajstić information content (AvgIpc) is 2.65. The molecule has 1 saturated heterocycles. The minimum atomic E-state index is -1.29. The van der Waals surface area contributed by atoms with Gasteiger partial charge in [-0.1, -0.05) is 56.3 Å². The number of hydrogen-bond acceptors (Lipinski definition) is 5. The topological polar surface area (TPSA) is 79.2 Å². The van der Waals surface area contributed by atoms with Gasteiger partial charge in [0.1, 0.15) is 24.1 Å². The van der Waals surface area contributed by atoms with Gasteiger partial charge in [-0.25, -0.2) is 0 Å². The van der Waals surface area contributed by atoms with Crippen molar-refractivity contribution in [3.8, 4) is 16.9 Å². The van der Waals surface area contributed by atoms with Gasteiger partial charge in [0.05, 0.1) is 6.61 Å². The molecule has 0 radical (unpaired) electrons. The smallest absolute Gasteiger partial charge is 0.228 e. The summed E-state index contributed by atoms with van der Waals surface area (Å²) in [6, 6.07) is 17.3. The number of hydrogen-bond donors (Lipinski definition) is 3. The molecule has 0 aliphatic carbocycles. The van der Waals surface area contributed by atoms with Gasteiger partial charge in [0, 0.05) is 0 Å². The molecule has 5 nitrogen and oxygen atoms in total. The summed E-state index contributed by atoms with van der Waals surface area (Å²) in [7, 11) is 0. The van der Waals surface area contributed by atoms with Gasteiger partial charge < -0.3 is 24.8 Å².